The molecule has 0 aromatic carbocycles. The van der Waals surface area contributed by atoms with Crippen LogP contribution in [-0.4, -0.2) is 37.1 Å². The third kappa shape index (κ3) is 3.18. The van der Waals surface area contributed by atoms with Gasteiger partial charge in [0.05, 0.1) is 0 Å². The Kier molecular flexibility index (Phi) is 4.19. The van der Waals surface area contributed by atoms with Crippen molar-refractivity contribution in [1.29, 1.82) is 0 Å². The van der Waals surface area contributed by atoms with E-state index in [1.807, 2.05) is 0 Å². The van der Waals surface area contributed by atoms with Crippen LogP contribution >= 0.6 is 0 Å². The van der Waals surface area contributed by atoms with E-state index in [1.165, 1.54) is 19.3 Å². The van der Waals surface area contributed by atoms with Gasteiger partial charge in [0, 0.05) is 18.1 Å². The van der Waals surface area contributed by atoms with Crippen molar-refractivity contribution in [3.05, 3.63) is 0 Å². The van der Waals surface area contributed by atoms with Crippen molar-refractivity contribution < 1.29 is 0 Å². The molecule has 1 fully saturated rings. The van der Waals surface area contributed by atoms with Gasteiger partial charge in [-0.2, -0.15) is 0 Å². The van der Waals surface area contributed by atoms with Gasteiger partial charge in [0.25, 0.3) is 0 Å². The van der Waals surface area contributed by atoms with Gasteiger partial charge in [-0.15, -0.1) is 0 Å². The summed E-state index contributed by atoms with van der Waals surface area (Å²) in [5, 5.41) is 3.40. The molecule has 0 spiro atoms. The molecular weight excluding hydrogens is 184 g/mol. The van der Waals surface area contributed by atoms with Gasteiger partial charge in [0.15, 0.2) is 0 Å². The van der Waals surface area contributed by atoms with Crippen molar-refractivity contribution in [2.45, 2.75) is 65.1 Å². The molecule has 0 bridgehead atoms. The van der Waals surface area contributed by atoms with Crippen LogP contribution in [0.4, 0.5) is 0 Å². The van der Waals surface area contributed by atoms with Crippen molar-refractivity contribution in [2.75, 3.05) is 14.1 Å². The summed E-state index contributed by atoms with van der Waals surface area (Å²) in [7, 11) is 4.37. The largest absolute Gasteiger partial charge is 0.317 e. The Morgan fingerprint density at radius 2 is 1.87 bits per heavy atom. The molecule has 2 nitrogen and oxygen atoms in total. The lowest BCUT2D eigenvalue weighted by atomic mass is 9.86. The normalized spacial score (nSPS) is 29.8. The van der Waals surface area contributed by atoms with Gasteiger partial charge >= 0.3 is 0 Å². The summed E-state index contributed by atoms with van der Waals surface area (Å²) in [6, 6.07) is 2.17. The van der Waals surface area contributed by atoms with Crippen molar-refractivity contribution in [2.24, 2.45) is 5.41 Å². The first-order valence-corrected chi connectivity index (χ1v) is 6.25. The Morgan fingerprint density at radius 3 is 2.27 bits per heavy atom. The fourth-order valence-electron chi connectivity index (χ4n) is 2.52. The maximum atomic E-state index is 3.40. The lowest BCUT2D eigenvalue weighted by Gasteiger charge is -2.39. The Labute approximate surface area is 95.4 Å². The Morgan fingerprint density at radius 1 is 1.27 bits per heavy atom. The molecule has 0 heterocycles. The van der Waals surface area contributed by atoms with E-state index in [0.717, 1.165) is 12.1 Å². The van der Waals surface area contributed by atoms with E-state index in [1.54, 1.807) is 0 Å². The van der Waals surface area contributed by atoms with E-state index in [-0.39, 0.29) is 0 Å². The summed E-state index contributed by atoms with van der Waals surface area (Å²) in [5.41, 5.74) is 0.381. The molecule has 0 aromatic heterocycles. The van der Waals surface area contributed by atoms with Crippen molar-refractivity contribution in [3.63, 3.8) is 0 Å². The molecule has 0 aliphatic heterocycles. The topological polar surface area (TPSA) is 15.3 Å². The smallest absolute Gasteiger partial charge is 0.0115 e. The monoisotopic (exact) mass is 212 g/mol. The lowest BCUT2D eigenvalue weighted by molar-refractivity contribution is 0.0984. The Hall–Kier alpha value is -0.0800. The SMILES string of the molecule is CNC1CCC(N(C)C(C)C(C)(C)C)C1. The molecule has 15 heavy (non-hydrogen) atoms. The summed E-state index contributed by atoms with van der Waals surface area (Å²) < 4.78 is 0. The van der Waals surface area contributed by atoms with Crippen molar-refractivity contribution in [1.82, 2.24) is 10.2 Å². The lowest BCUT2D eigenvalue weighted by Crippen LogP contribution is -2.44. The summed E-state index contributed by atoms with van der Waals surface area (Å²) in [4.78, 5) is 2.58. The van der Waals surface area contributed by atoms with E-state index >= 15 is 0 Å². The number of rotatable bonds is 3. The van der Waals surface area contributed by atoms with Crippen LogP contribution in [0.1, 0.15) is 47.0 Å². The first-order valence-electron chi connectivity index (χ1n) is 6.25. The molecule has 3 atom stereocenters. The van der Waals surface area contributed by atoms with E-state index in [0.29, 0.717) is 11.5 Å². The predicted octanol–water partition coefficient (Wildman–Crippen LogP) is 2.49. The molecule has 1 N–H and O–H groups in total. The third-order valence-electron chi connectivity index (χ3n) is 4.25. The van der Waals surface area contributed by atoms with Crippen molar-refractivity contribution in [3.8, 4) is 0 Å². The maximum absolute atomic E-state index is 3.40. The van der Waals surface area contributed by atoms with Gasteiger partial charge in [-0.05, 0) is 45.7 Å². The molecule has 0 radical (unpaired) electrons. The fraction of sp³-hybridized carbons (Fsp3) is 1.00. The van der Waals surface area contributed by atoms with Crippen LogP contribution in [0.2, 0.25) is 0 Å². The van der Waals surface area contributed by atoms with E-state index < -0.39 is 0 Å². The highest BCUT2D eigenvalue weighted by Gasteiger charge is 2.32. The maximum Gasteiger partial charge on any atom is 0.0115 e. The molecular formula is C13H28N2. The van der Waals surface area contributed by atoms with Crippen LogP contribution in [-0.2, 0) is 0 Å². The van der Waals surface area contributed by atoms with Gasteiger partial charge < -0.3 is 10.2 Å². The average molecular weight is 212 g/mol. The molecule has 2 heteroatoms. The Balaban J connectivity index is 2.51. The second-order valence-corrected chi connectivity index (χ2v) is 6.16. The quantitative estimate of drug-likeness (QED) is 0.773. The minimum absolute atomic E-state index is 0.381. The van der Waals surface area contributed by atoms with Gasteiger partial charge in [0.1, 0.15) is 0 Å². The molecule has 0 amide bonds. The van der Waals surface area contributed by atoms with E-state index in [9.17, 15) is 0 Å². The third-order valence-corrected chi connectivity index (χ3v) is 4.25. The molecule has 1 aliphatic rings. The molecule has 1 saturated carbocycles. The van der Waals surface area contributed by atoms with Gasteiger partial charge in [0.2, 0.25) is 0 Å². The zero-order valence-corrected chi connectivity index (χ0v) is 11.3. The molecule has 3 unspecified atom stereocenters. The van der Waals surface area contributed by atoms with Gasteiger partial charge in [-0.25, -0.2) is 0 Å². The highest BCUT2D eigenvalue weighted by Crippen LogP contribution is 2.30. The van der Waals surface area contributed by atoms with E-state index in [2.05, 4.69) is 52.0 Å². The summed E-state index contributed by atoms with van der Waals surface area (Å²) in [6.07, 6.45) is 4.00. The summed E-state index contributed by atoms with van der Waals surface area (Å²) in [6.45, 7) is 9.35. The zero-order valence-electron chi connectivity index (χ0n) is 11.3. The number of hydrogen-bond acceptors (Lipinski definition) is 2. The number of nitrogens with one attached hydrogen (secondary N) is 1. The van der Waals surface area contributed by atoms with Crippen molar-refractivity contribution >= 4 is 0 Å². The fourth-order valence-corrected chi connectivity index (χ4v) is 2.52. The first kappa shape index (κ1) is 13.0. The molecule has 0 saturated heterocycles. The highest BCUT2D eigenvalue weighted by molar-refractivity contribution is 4.89. The number of hydrogen-bond donors (Lipinski definition) is 1. The molecule has 1 rings (SSSR count). The van der Waals surface area contributed by atoms with Crippen LogP contribution < -0.4 is 5.32 Å². The second kappa shape index (κ2) is 4.84. The number of nitrogens with zero attached hydrogens (tertiary/aromatic N) is 1. The van der Waals surface area contributed by atoms with Crippen LogP contribution in [0.5, 0.6) is 0 Å². The zero-order chi connectivity index (χ0) is 11.6. The van der Waals surface area contributed by atoms with Gasteiger partial charge in [-0.1, -0.05) is 20.8 Å². The first-order chi connectivity index (χ1) is 6.86. The average Bonchev–Trinajstić information content (AvgIpc) is 2.62. The second-order valence-electron chi connectivity index (χ2n) is 6.16. The molecule has 0 aromatic rings. The van der Waals surface area contributed by atoms with Crippen LogP contribution in [0.15, 0.2) is 0 Å². The minimum Gasteiger partial charge on any atom is -0.317 e. The van der Waals surface area contributed by atoms with Crippen LogP contribution in [0.25, 0.3) is 0 Å². The highest BCUT2D eigenvalue weighted by atomic mass is 15.2. The standard InChI is InChI=1S/C13H28N2/c1-10(13(2,3)4)15(6)12-8-7-11(9-12)14-5/h10-12,14H,7-9H2,1-6H3. The van der Waals surface area contributed by atoms with E-state index in [4.69, 9.17) is 0 Å². The summed E-state index contributed by atoms with van der Waals surface area (Å²) in [5.74, 6) is 0. The van der Waals surface area contributed by atoms with Crippen LogP contribution in [0, 0.1) is 5.41 Å². The Bertz CT molecular complexity index is 195. The predicted molar refractivity (Wildman–Crippen MR) is 67.2 cm³/mol. The summed E-state index contributed by atoms with van der Waals surface area (Å²) >= 11 is 0. The van der Waals surface area contributed by atoms with Crippen LogP contribution in [0.3, 0.4) is 0 Å². The minimum atomic E-state index is 0.381. The van der Waals surface area contributed by atoms with Gasteiger partial charge in [-0.3, -0.25) is 0 Å². The molecule has 1 aliphatic carbocycles. The molecule has 90 valence electrons.